The minimum absolute atomic E-state index is 0.516. The highest BCUT2D eigenvalue weighted by molar-refractivity contribution is 7.27. The number of thiophene rings is 2. The minimum Gasteiger partial charge on any atom is -0.310 e. The SMILES string of the molecule is c1ccc(-c2ccc(N(c3ccc(-c4ccc(-n5c6ccc7c8ccccc8sc7c6c6c7c(ccc65)sc5ccccc57)cc4)cc3)c3ccc4c(c3)C(c3ccccc3)(c3ccccc3)c3ccccc3-4)cc2)cc1. The molecule has 0 radical (unpaired) electrons. The fourth-order valence-electron chi connectivity index (χ4n) is 12.9. The van der Waals surface area contributed by atoms with Gasteiger partial charge in [0.25, 0.3) is 0 Å². The zero-order valence-electron chi connectivity index (χ0n) is 41.8. The highest BCUT2D eigenvalue weighted by Gasteiger charge is 2.46. The topological polar surface area (TPSA) is 8.17 Å². The molecule has 0 unspecified atom stereocenters. The van der Waals surface area contributed by atoms with Crippen molar-refractivity contribution < 1.29 is 0 Å². The lowest BCUT2D eigenvalue weighted by Crippen LogP contribution is -2.28. The molecule has 0 aliphatic heterocycles. The summed E-state index contributed by atoms with van der Waals surface area (Å²) in [5.41, 5.74) is 18.7. The number of hydrogen-bond acceptors (Lipinski definition) is 3. The van der Waals surface area contributed by atoms with Crippen LogP contribution in [0.4, 0.5) is 17.1 Å². The number of rotatable bonds is 8. The van der Waals surface area contributed by atoms with Crippen LogP contribution in [0, 0.1) is 0 Å². The lowest BCUT2D eigenvalue weighted by molar-refractivity contribution is 0.768. The van der Waals surface area contributed by atoms with E-state index >= 15 is 0 Å². The van der Waals surface area contributed by atoms with Gasteiger partial charge in [-0.05, 0) is 134 Å². The van der Waals surface area contributed by atoms with E-state index in [2.05, 4.69) is 289 Å². The third-order valence-electron chi connectivity index (χ3n) is 16.3. The van der Waals surface area contributed by atoms with Crippen LogP contribution in [0.15, 0.2) is 279 Å². The van der Waals surface area contributed by atoms with E-state index in [-0.39, 0.29) is 0 Å². The number of hydrogen-bond donors (Lipinski definition) is 0. The second kappa shape index (κ2) is 17.4. The average Bonchev–Trinajstić information content (AvgIpc) is 4.20. The van der Waals surface area contributed by atoms with Gasteiger partial charge in [-0.25, -0.2) is 0 Å². The molecule has 0 spiro atoms. The zero-order valence-corrected chi connectivity index (χ0v) is 43.4. The molecule has 1 aliphatic rings. The van der Waals surface area contributed by atoms with Gasteiger partial charge >= 0.3 is 0 Å². The van der Waals surface area contributed by atoms with Gasteiger partial charge in [-0.2, -0.15) is 0 Å². The van der Waals surface area contributed by atoms with Crippen molar-refractivity contribution in [3.8, 4) is 39.1 Å². The molecule has 360 valence electrons. The summed E-state index contributed by atoms with van der Waals surface area (Å²) in [4.78, 5) is 2.43. The smallest absolute Gasteiger partial charge is 0.0714 e. The van der Waals surface area contributed by atoms with Crippen LogP contribution in [0.25, 0.3) is 101 Å². The van der Waals surface area contributed by atoms with Gasteiger partial charge in [0.15, 0.2) is 0 Å². The molecule has 2 nitrogen and oxygen atoms in total. The highest BCUT2D eigenvalue weighted by Crippen LogP contribution is 2.57. The predicted molar refractivity (Wildman–Crippen MR) is 329 cm³/mol. The number of benzene rings is 12. The Morgan fingerprint density at radius 1 is 0.312 bits per heavy atom. The molecule has 0 bridgehead atoms. The fourth-order valence-corrected chi connectivity index (χ4v) is 15.3. The molecule has 15 aromatic rings. The van der Waals surface area contributed by atoms with Crippen molar-refractivity contribution in [2.45, 2.75) is 5.41 Å². The van der Waals surface area contributed by atoms with Crippen LogP contribution in [-0.4, -0.2) is 4.57 Å². The first-order valence-electron chi connectivity index (χ1n) is 26.4. The summed E-state index contributed by atoms with van der Waals surface area (Å²) in [6.07, 6.45) is 0. The third-order valence-corrected chi connectivity index (χ3v) is 18.6. The van der Waals surface area contributed by atoms with Crippen LogP contribution >= 0.6 is 22.7 Å². The van der Waals surface area contributed by atoms with Crippen molar-refractivity contribution >= 4 is 102 Å². The highest BCUT2D eigenvalue weighted by atomic mass is 32.1. The lowest BCUT2D eigenvalue weighted by atomic mass is 9.67. The van der Waals surface area contributed by atoms with Gasteiger partial charge in [0, 0.05) is 73.9 Å². The first kappa shape index (κ1) is 44.0. The summed E-state index contributed by atoms with van der Waals surface area (Å²) >= 11 is 3.81. The van der Waals surface area contributed by atoms with Crippen LogP contribution < -0.4 is 4.90 Å². The fraction of sp³-hybridized carbons (Fsp3) is 0.0137. The number of fused-ring (bicyclic) bond motifs is 14. The van der Waals surface area contributed by atoms with Crippen LogP contribution in [0.5, 0.6) is 0 Å². The van der Waals surface area contributed by atoms with Crippen LogP contribution in [0.1, 0.15) is 22.3 Å². The van der Waals surface area contributed by atoms with E-state index in [4.69, 9.17) is 0 Å². The van der Waals surface area contributed by atoms with Gasteiger partial charge in [-0.15, -0.1) is 22.7 Å². The second-order valence-corrected chi connectivity index (χ2v) is 22.4. The summed E-state index contributed by atoms with van der Waals surface area (Å²) in [6, 6.07) is 103. The third kappa shape index (κ3) is 6.66. The molecule has 77 heavy (non-hydrogen) atoms. The van der Waals surface area contributed by atoms with Crippen molar-refractivity contribution in [3.63, 3.8) is 0 Å². The Hall–Kier alpha value is -9.32. The summed E-state index contributed by atoms with van der Waals surface area (Å²) in [5, 5.41) is 8.00. The summed E-state index contributed by atoms with van der Waals surface area (Å²) in [5.74, 6) is 0. The molecule has 0 fully saturated rings. The van der Waals surface area contributed by atoms with Crippen LogP contribution in [0.2, 0.25) is 0 Å². The molecular weight excluding hydrogens is 969 g/mol. The van der Waals surface area contributed by atoms with E-state index in [0.717, 1.165) is 28.3 Å². The Morgan fingerprint density at radius 2 is 0.818 bits per heavy atom. The molecule has 16 rings (SSSR count). The standard InChI is InChI=1S/C73H46N2S2/c1-4-16-47(17-5-1)48-28-34-53(35-29-48)74(56-40-41-58-57-22-10-13-25-62(57)73(63(58)46-56,51-18-6-2-7-19-51)52-20-8-3-9-21-52)54-36-30-49(31-37-54)50-32-38-55(39-33-50)75-64-44-45-68-69(61-24-12-15-27-67(61)76-68)70(64)71-65(75)43-42-60-59-23-11-14-26-66(59)77-72(60)71/h1-46H. The predicted octanol–water partition coefficient (Wildman–Crippen LogP) is 20.7. The minimum atomic E-state index is -0.516. The first-order chi connectivity index (χ1) is 38.2. The first-order valence-corrected chi connectivity index (χ1v) is 28.0. The molecule has 3 aromatic heterocycles. The van der Waals surface area contributed by atoms with E-state index in [1.807, 2.05) is 22.7 Å². The van der Waals surface area contributed by atoms with Gasteiger partial charge < -0.3 is 9.47 Å². The van der Waals surface area contributed by atoms with Gasteiger partial charge in [-0.1, -0.05) is 200 Å². The van der Waals surface area contributed by atoms with Gasteiger partial charge in [0.1, 0.15) is 0 Å². The maximum absolute atomic E-state index is 2.49. The average molecular weight is 1020 g/mol. The molecule has 1 aliphatic carbocycles. The van der Waals surface area contributed by atoms with Crippen LogP contribution in [0.3, 0.4) is 0 Å². The van der Waals surface area contributed by atoms with E-state index < -0.39 is 5.41 Å². The number of anilines is 3. The Morgan fingerprint density at radius 3 is 1.49 bits per heavy atom. The molecule has 3 heterocycles. The van der Waals surface area contributed by atoms with Crippen molar-refractivity contribution in [2.75, 3.05) is 4.90 Å². The maximum Gasteiger partial charge on any atom is 0.0714 e. The summed E-state index contributed by atoms with van der Waals surface area (Å²) in [7, 11) is 0. The van der Waals surface area contributed by atoms with Gasteiger partial charge in [0.2, 0.25) is 0 Å². The number of nitrogens with zero attached hydrogens (tertiary/aromatic N) is 2. The molecule has 0 saturated carbocycles. The van der Waals surface area contributed by atoms with Gasteiger partial charge in [-0.3, -0.25) is 0 Å². The molecule has 12 aromatic carbocycles. The van der Waals surface area contributed by atoms with Crippen molar-refractivity contribution in [3.05, 3.63) is 301 Å². The maximum atomic E-state index is 2.49. The Bertz CT molecular complexity index is 4720. The largest absolute Gasteiger partial charge is 0.310 e. The molecule has 0 N–H and O–H groups in total. The van der Waals surface area contributed by atoms with Crippen molar-refractivity contribution in [1.82, 2.24) is 4.57 Å². The van der Waals surface area contributed by atoms with E-state index in [1.165, 1.54) is 112 Å². The summed E-state index contributed by atoms with van der Waals surface area (Å²) in [6.45, 7) is 0. The molecule has 4 heteroatoms. The van der Waals surface area contributed by atoms with E-state index in [0.29, 0.717) is 0 Å². The second-order valence-electron chi connectivity index (χ2n) is 20.3. The van der Waals surface area contributed by atoms with Crippen LogP contribution in [-0.2, 0) is 5.41 Å². The quantitative estimate of drug-likeness (QED) is 0.147. The monoisotopic (exact) mass is 1010 g/mol. The Balaban J connectivity index is 0.825. The summed E-state index contributed by atoms with van der Waals surface area (Å²) < 4.78 is 7.82. The molecule has 0 amide bonds. The normalized spacial score (nSPS) is 12.8. The van der Waals surface area contributed by atoms with E-state index in [1.54, 1.807) is 0 Å². The molecule has 0 saturated heterocycles. The van der Waals surface area contributed by atoms with E-state index in [9.17, 15) is 0 Å². The van der Waals surface area contributed by atoms with Crippen molar-refractivity contribution in [1.29, 1.82) is 0 Å². The molecule has 0 atom stereocenters. The lowest BCUT2D eigenvalue weighted by Gasteiger charge is -2.35. The number of aromatic nitrogens is 1. The Kier molecular flexibility index (Phi) is 9.93. The molecular formula is C73H46N2S2. The zero-order chi connectivity index (χ0) is 50.6. The van der Waals surface area contributed by atoms with Crippen molar-refractivity contribution in [2.24, 2.45) is 0 Å². The Labute approximate surface area is 454 Å². The van der Waals surface area contributed by atoms with Gasteiger partial charge in [0.05, 0.1) is 16.4 Å².